The standard InChI is InChI=1S/6CH5N.8S.6W/c6*1-2;;;;;;;;;;;;;;/h6*2H2,1H3;;;;;;;;;;;;;;/q;;;;;;8*-2;;;;;2*+2. The fourth-order valence-corrected chi connectivity index (χ4v) is 0. The summed E-state index contributed by atoms with van der Waals surface area (Å²) in [5.41, 5.74) is 27.0. The van der Waals surface area contributed by atoms with Crippen LogP contribution in [0.5, 0.6) is 0 Å². The maximum absolute atomic E-state index is 4.50. The second kappa shape index (κ2) is 667. The van der Waals surface area contributed by atoms with Crippen LogP contribution in [0.2, 0.25) is 0 Å². The first kappa shape index (κ1) is 204. The van der Waals surface area contributed by atoms with Crippen molar-refractivity contribution in [1.82, 2.24) is 0 Å². The van der Waals surface area contributed by atoms with E-state index in [-0.39, 0.29) is 234 Å². The Labute approximate surface area is 306 Å². The van der Waals surface area contributed by atoms with Crippen LogP contribution < -0.4 is 34.4 Å². The first-order valence-corrected chi connectivity index (χ1v) is 3.46. The van der Waals surface area contributed by atoms with E-state index >= 15 is 0 Å². The van der Waals surface area contributed by atoms with Gasteiger partial charge in [0.05, 0.1) is 0 Å². The molecule has 20 heteroatoms. The molecule has 0 aromatic rings. The minimum atomic E-state index is 0. The van der Waals surface area contributed by atoms with Crippen LogP contribution in [0, 0.1) is 0 Å². The Hall–Kier alpha value is 6.69. The summed E-state index contributed by atoms with van der Waals surface area (Å²) >= 11 is 0. The molecule has 0 atom stereocenters. The molecule has 0 aliphatic rings. The van der Waals surface area contributed by atoms with Gasteiger partial charge in [0.1, 0.15) is 0 Å². The minimum absolute atomic E-state index is 0. The van der Waals surface area contributed by atoms with Crippen LogP contribution in [0.4, 0.5) is 0 Å². The Morgan fingerprint density at radius 2 is 0.231 bits per heavy atom. The summed E-state index contributed by atoms with van der Waals surface area (Å²) in [6.07, 6.45) is 0. The molecule has 0 saturated heterocycles. The summed E-state index contributed by atoms with van der Waals surface area (Å²) in [4.78, 5) is 0. The average Bonchev–Trinajstić information content (AvgIpc) is 2.33. The number of rotatable bonds is 0. The SMILES string of the molecule is CN.CN.CN.CN.CN.CN.[S-2].[S-2].[S-2].[S-2].[S-2].[S-2].[S-2].[S-2].[W+2].[W+2].[W].[W].[W].[W]. The molecule has 0 saturated carbocycles. The fraction of sp³-hybridized carbons (Fsp3) is 1.00. The second-order valence-corrected chi connectivity index (χ2v) is 0. The average molecular weight is 1550 g/mol. The van der Waals surface area contributed by atoms with Gasteiger partial charge in [0.15, 0.2) is 0 Å². The number of hydrogen-bond acceptors (Lipinski definition) is 6. The topological polar surface area (TPSA) is 156 Å². The smallest absolute Gasteiger partial charge is 2.00 e. The first-order valence-electron chi connectivity index (χ1n) is 3.46. The summed E-state index contributed by atoms with van der Waals surface area (Å²) in [5, 5.41) is 0. The molecule has 12 N–H and O–H groups in total. The third kappa shape index (κ3) is 604. The Balaban J connectivity index is -0.000000000833. The Kier molecular flexibility index (Phi) is 5230. The van der Waals surface area contributed by atoms with Crippen LogP contribution in [0.15, 0.2) is 0 Å². The molecule has 0 rings (SSSR count). The molecule has 0 fully saturated rings. The first-order chi connectivity index (χ1) is 6.00. The maximum Gasteiger partial charge on any atom is 2.00 e. The monoisotopic (exact) mass is 1550 g/mol. The van der Waals surface area contributed by atoms with Crippen molar-refractivity contribution in [2.75, 3.05) is 42.3 Å². The molecule has 26 heavy (non-hydrogen) atoms. The molecule has 0 spiro atoms. The van der Waals surface area contributed by atoms with E-state index < -0.39 is 0 Å². The predicted octanol–water partition coefficient (Wildman–Crippen LogP) is -2.58. The van der Waals surface area contributed by atoms with Crippen molar-refractivity contribution in [3.05, 3.63) is 0 Å². The fourth-order valence-electron chi connectivity index (χ4n) is 0. The van der Waals surface area contributed by atoms with Crippen LogP contribution in [-0.4, -0.2) is 42.3 Å². The third-order valence-corrected chi connectivity index (χ3v) is 0. The Morgan fingerprint density at radius 3 is 0.231 bits per heavy atom. The zero-order valence-electron chi connectivity index (χ0n) is 15.2. The van der Waals surface area contributed by atoms with E-state index in [9.17, 15) is 0 Å². The van der Waals surface area contributed by atoms with Crippen LogP contribution >= 0.6 is 0 Å². The summed E-state index contributed by atoms with van der Waals surface area (Å²) in [6, 6.07) is 0. The Bertz CT molecular complexity index is 51.7. The van der Waals surface area contributed by atoms with E-state index in [4.69, 9.17) is 0 Å². The van der Waals surface area contributed by atoms with Gasteiger partial charge in [-0.25, -0.2) is 0 Å². The van der Waals surface area contributed by atoms with Crippen molar-refractivity contribution in [2.45, 2.75) is 0 Å². The third-order valence-electron chi connectivity index (χ3n) is 0. The van der Waals surface area contributed by atoms with Gasteiger partial charge in [0.2, 0.25) is 0 Å². The summed E-state index contributed by atoms with van der Waals surface area (Å²) in [7, 11) is 9.00. The van der Waals surface area contributed by atoms with E-state index in [0.29, 0.717) is 0 Å². The molecule has 0 bridgehead atoms. The van der Waals surface area contributed by atoms with Crippen LogP contribution in [0.1, 0.15) is 0 Å². The van der Waals surface area contributed by atoms with E-state index in [2.05, 4.69) is 34.4 Å². The van der Waals surface area contributed by atoms with Crippen molar-refractivity contribution in [1.29, 1.82) is 0 Å². The maximum atomic E-state index is 4.50. The summed E-state index contributed by atoms with van der Waals surface area (Å²) < 4.78 is 0. The second-order valence-electron chi connectivity index (χ2n) is 0. The zero-order valence-corrected chi connectivity index (χ0v) is 39.3. The molecule has 0 amide bonds. The van der Waals surface area contributed by atoms with Crippen molar-refractivity contribution < 1.29 is 126 Å². The van der Waals surface area contributed by atoms with Crippen molar-refractivity contribution >= 4 is 108 Å². The van der Waals surface area contributed by atoms with Gasteiger partial charge in [0, 0.05) is 84.3 Å². The molecule has 0 unspecified atom stereocenters. The molecule has 0 heterocycles. The normalized spacial score (nSPS) is 1.38. The number of nitrogens with two attached hydrogens (primary N) is 6. The molecule has 0 radical (unpaired) electrons. The number of hydrogen-bond donors (Lipinski definition) is 6. The van der Waals surface area contributed by atoms with Gasteiger partial charge in [-0.1, -0.05) is 0 Å². The van der Waals surface area contributed by atoms with Crippen LogP contribution in [-0.2, 0) is 234 Å². The van der Waals surface area contributed by atoms with Gasteiger partial charge < -0.3 is 142 Å². The molecule has 180 valence electrons. The molecule has 6 nitrogen and oxygen atoms in total. The van der Waals surface area contributed by atoms with E-state index in [1.54, 1.807) is 0 Å². The quantitative estimate of drug-likeness (QED) is 0.157. The molecule has 0 aliphatic carbocycles. The van der Waals surface area contributed by atoms with E-state index in [1.807, 2.05) is 0 Å². The molecule has 0 aromatic heterocycles. The van der Waals surface area contributed by atoms with Gasteiger partial charge in [-0.05, 0) is 42.3 Å². The zero-order chi connectivity index (χ0) is 12.0. The molecular formula is C6H30N6S8W6-12. The molecular weight excluding hydrogens is 1520 g/mol. The van der Waals surface area contributed by atoms with Crippen molar-refractivity contribution in [2.24, 2.45) is 34.4 Å². The molecule has 0 aliphatic heterocycles. The van der Waals surface area contributed by atoms with Crippen molar-refractivity contribution in [3.8, 4) is 0 Å². The van der Waals surface area contributed by atoms with Gasteiger partial charge >= 0.3 is 42.1 Å². The molecule has 0 aromatic carbocycles. The predicted molar refractivity (Wildman–Crippen MR) is 120 cm³/mol. The van der Waals surface area contributed by atoms with E-state index in [0.717, 1.165) is 0 Å². The van der Waals surface area contributed by atoms with Gasteiger partial charge in [-0.3, -0.25) is 0 Å². The van der Waals surface area contributed by atoms with Crippen LogP contribution in [0.25, 0.3) is 0 Å². The van der Waals surface area contributed by atoms with Gasteiger partial charge in [-0.2, -0.15) is 0 Å². The van der Waals surface area contributed by atoms with Gasteiger partial charge in [0.25, 0.3) is 0 Å². The van der Waals surface area contributed by atoms with Crippen LogP contribution in [0.3, 0.4) is 0 Å². The minimum Gasteiger partial charge on any atom is -2.00 e. The van der Waals surface area contributed by atoms with E-state index in [1.165, 1.54) is 42.3 Å². The summed E-state index contributed by atoms with van der Waals surface area (Å²) in [6.45, 7) is 0. The van der Waals surface area contributed by atoms with Crippen molar-refractivity contribution in [3.63, 3.8) is 0 Å². The summed E-state index contributed by atoms with van der Waals surface area (Å²) in [5.74, 6) is 0. The van der Waals surface area contributed by atoms with Gasteiger partial charge in [-0.15, -0.1) is 0 Å². The largest absolute Gasteiger partial charge is 2.00 e. The Morgan fingerprint density at radius 1 is 0.231 bits per heavy atom.